The van der Waals surface area contributed by atoms with Crippen LogP contribution in [0.15, 0.2) is 41.6 Å². The second-order valence-corrected chi connectivity index (χ2v) is 14.9. The van der Waals surface area contributed by atoms with Gasteiger partial charge in [0.2, 0.25) is 0 Å². The highest BCUT2D eigenvalue weighted by molar-refractivity contribution is 7.90. The van der Waals surface area contributed by atoms with E-state index >= 15 is 0 Å². The smallest absolute Gasteiger partial charge is 0.406 e. The standard InChI is InChI=1S/C34H42F3N5O5S/c1-21-18-41(25-13-22(2)47-23(3)14-25)12-10-28(21)40-33(43)27-15-24(16-30-32(27)39-20-42(30)19-34(35,36)37)7-6-11-38-29-17-26(48(5,44)45)8-9-31(29)46-4/h8-9,15-17,20-23,25,28,38H,10-14,18-19H2,1-5H3,(H,40,43)/t21-,22?,23?,25?,28-/m0/s1. The van der Waals surface area contributed by atoms with Crippen LogP contribution in [0, 0.1) is 17.8 Å². The Bertz CT molecular complexity index is 1810. The summed E-state index contributed by atoms with van der Waals surface area (Å²) in [5, 5.41) is 6.17. The van der Waals surface area contributed by atoms with Crippen LogP contribution in [0.5, 0.6) is 5.75 Å². The molecule has 1 aromatic heterocycles. The molecule has 2 saturated heterocycles. The molecule has 4 atom stereocenters. The van der Waals surface area contributed by atoms with Gasteiger partial charge in [-0.3, -0.25) is 9.69 Å². The van der Waals surface area contributed by atoms with Crippen molar-refractivity contribution in [3.05, 3.63) is 47.8 Å². The third-order valence-corrected chi connectivity index (χ3v) is 10.1. The Kier molecular flexibility index (Phi) is 10.6. The fourth-order valence-electron chi connectivity index (χ4n) is 6.71. The quantitative estimate of drug-likeness (QED) is 0.322. The number of amides is 1. The second-order valence-electron chi connectivity index (χ2n) is 12.9. The maximum atomic E-state index is 13.8. The fraction of sp³-hybridized carbons (Fsp3) is 0.529. The molecule has 0 bridgehead atoms. The highest BCUT2D eigenvalue weighted by Gasteiger charge is 2.35. The fourth-order valence-corrected chi connectivity index (χ4v) is 7.35. The van der Waals surface area contributed by atoms with E-state index < -0.39 is 28.5 Å². The van der Waals surface area contributed by atoms with Gasteiger partial charge in [0.05, 0.1) is 53.9 Å². The highest BCUT2D eigenvalue weighted by atomic mass is 32.2. The molecule has 2 unspecified atom stereocenters. The lowest BCUT2D eigenvalue weighted by Gasteiger charge is -2.45. The summed E-state index contributed by atoms with van der Waals surface area (Å²) in [5.74, 6) is 6.00. The number of methoxy groups -OCH3 is 1. The minimum absolute atomic E-state index is 0.0612. The molecule has 5 rings (SSSR count). The van der Waals surface area contributed by atoms with Crippen molar-refractivity contribution in [2.24, 2.45) is 5.92 Å². The van der Waals surface area contributed by atoms with Gasteiger partial charge in [0.25, 0.3) is 5.91 Å². The first kappa shape index (κ1) is 35.5. The number of nitrogens with one attached hydrogen (secondary N) is 2. The summed E-state index contributed by atoms with van der Waals surface area (Å²) in [6.45, 7) is 6.74. The Labute approximate surface area is 279 Å². The van der Waals surface area contributed by atoms with E-state index in [4.69, 9.17) is 9.47 Å². The van der Waals surface area contributed by atoms with Crippen molar-refractivity contribution in [3.63, 3.8) is 0 Å². The van der Waals surface area contributed by atoms with E-state index in [1.807, 2.05) is 0 Å². The molecular weight excluding hydrogens is 647 g/mol. The van der Waals surface area contributed by atoms with E-state index in [1.54, 1.807) is 6.07 Å². The number of hydrogen-bond acceptors (Lipinski definition) is 8. The summed E-state index contributed by atoms with van der Waals surface area (Å²) in [4.78, 5) is 20.5. The molecule has 2 aromatic carbocycles. The molecule has 260 valence electrons. The average Bonchev–Trinajstić information content (AvgIpc) is 3.39. The van der Waals surface area contributed by atoms with Crippen LogP contribution in [0.25, 0.3) is 11.0 Å². The molecule has 2 aliphatic heterocycles. The average molecular weight is 690 g/mol. The number of rotatable bonds is 8. The number of carbonyl (C=O) groups is 1. The van der Waals surface area contributed by atoms with Crippen molar-refractivity contribution in [1.29, 1.82) is 0 Å². The minimum Gasteiger partial charge on any atom is -0.495 e. The van der Waals surface area contributed by atoms with Gasteiger partial charge >= 0.3 is 6.18 Å². The first-order chi connectivity index (χ1) is 22.6. The molecule has 2 N–H and O–H groups in total. The SMILES string of the molecule is COc1ccc(S(C)(=O)=O)cc1NCC#Cc1cc(C(=O)N[C@H]2CCN(C3CC(C)OC(C)C3)C[C@@H]2C)c2ncn(CC(F)(F)F)c2c1. The summed E-state index contributed by atoms with van der Waals surface area (Å²) in [5.41, 5.74) is 1.20. The zero-order chi connectivity index (χ0) is 34.8. The molecule has 3 aromatic rings. The van der Waals surface area contributed by atoms with Gasteiger partial charge in [-0.1, -0.05) is 18.8 Å². The zero-order valence-electron chi connectivity index (χ0n) is 27.7. The molecule has 1 amide bonds. The van der Waals surface area contributed by atoms with Crippen LogP contribution >= 0.6 is 0 Å². The molecule has 3 heterocycles. The molecule has 0 radical (unpaired) electrons. The van der Waals surface area contributed by atoms with Gasteiger partial charge in [0.15, 0.2) is 9.84 Å². The van der Waals surface area contributed by atoms with Crippen molar-refractivity contribution in [2.75, 3.05) is 38.3 Å². The van der Waals surface area contributed by atoms with Gasteiger partial charge in [0.1, 0.15) is 17.8 Å². The number of sulfone groups is 1. The van der Waals surface area contributed by atoms with Crippen LogP contribution in [-0.4, -0.2) is 92.2 Å². The normalized spacial score (nSPS) is 23.7. The Balaban J connectivity index is 1.36. The number of ether oxygens (including phenoxy) is 2. The first-order valence-corrected chi connectivity index (χ1v) is 17.9. The predicted octanol–water partition coefficient (Wildman–Crippen LogP) is 4.87. The number of anilines is 1. The van der Waals surface area contributed by atoms with Crippen molar-refractivity contribution >= 4 is 32.5 Å². The number of piperidine rings is 1. The Morgan fingerprint density at radius 3 is 2.52 bits per heavy atom. The number of benzene rings is 2. The lowest BCUT2D eigenvalue weighted by molar-refractivity contribution is -0.140. The van der Waals surface area contributed by atoms with Crippen LogP contribution < -0.4 is 15.4 Å². The van der Waals surface area contributed by atoms with Gasteiger partial charge in [-0.15, -0.1) is 0 Å². The number of halogens is 3. The van der Waals surface area contributed by atoms with Crippen LogP contribution in [0.4, 0.5) is 18.9 Å². The van der Waals surface area contributed by atoms with Gasteiger partial charge in [0, 0.05) is 37.0 Å². The predicted molar refractivity (Wildman–Crippen MR) is 177 cm³/mol. The number of fused-ring (bicyclic) bond motifs is 1. The van der Waals surface area contributed by atoms with Crippen molar-refractivity contribution in [3.8, 4) is 17.6 Å². The van der Waals surface area contributed by atoms with Gasteiger partial charge in [-0.2, -0.15) is 13.2 Å². The number of imidazole rings is 1. The van der Waals surface area contributed by atoms with Crippen molar-refractivity contribution in [2.45, 2.75) is 81.9 Å². The number of hydrogen-bond donors (Lipinski definition) is 2. The topological polar surface area (TPSA) is 115 Å². The van der Waals surface area contributed by atoms with Crippen LogP contribution in [0.2, 0.25) is 0 Å². The van der Waals surface area contributed by atoms with E-state index in [9.17, 15) is 26.4 Å². The summed E-state index contributed by atoms with van der Waals surface area (Å²) in [7, 11) is -2.01. The van der Waals surface area contributed by atoms with Gasteiger partial charge in [-0.05, 0) is 69.4 Å². The molecule has 0 saturated carbocycles. The van der Waals surface area contributed by atoms with Gasteiger partial charge in [-0.25, -0.2) is 13.4 Å². The molecule has 14 heteroatoms. The minimum atomic E-state index is -4.50. The summed E-state index contributed by atoms with van der Waals surface area (Å²) >= 11 is 0. The number of carbonyl (C=O) groups excluding carboxylic acids is 1. The third-order valence-electron chi connectivity index (χ3n) is 8.96. The van der Waals surface area contributed by atoms with Gasteiger partial charge < -0.3 is 24.7 Å². The summed E-state index contributed by atoms with van der Waals surface area (Å²) in [6, 6.07) is 7.75. The third kappa shape index (κ3) is 8.61. The molecule has 10 nitrogen and oxygen atoms in total. The monoisotopic (exact) mass is 689 g/mol. The number of nitrogens with zero attached hydrogens (tertiary/aromatic N) is 3. The maximum absolute atomic E-state index is 13.8. The molecule has 48 heavy (non-hydrogen) atoms. The van der Waals surface area contributed by atoms with Crippen LogP contribution in [0.3, 0.4) is 0 Å². The van der Waals surface area contributed by atoms with E-state index in [0.717, 1.165) is 49.5 Å². The van der Waals surface area contributed by atoms with E-state index in [2.05, 4.69) is 53.1 Å². The second kappa shape index (κ2) is 14.4. The van der Waals surface area contributed by atoms with E-state index in [0.29, 0.717) is 23.0 Å². The molecule has 0 spiro atoms. The van der Waals surface area contributed by atoms with E-state index in [-0.39, 0.29) is 52.2 Å². The molecular formula is C34H42F3N5O5S. The number of likely N-dealkylation sites (tertiary alicyclic amines) is 1. The van der Waals surface area contributed by atoms with Crippen molar-refractivity contribution in [1.82, 2.24) is 19.8 Å². The summed E-state index contributed by atoms with van der Waals surface area (Å²) in [6.07, 6.45) is 0.776. The Hall–Kier alpha value is -3.80. The van der Waals surface area contributed by atoms with Crippen LogP contribution in [0.1, 0.15) is 56.0 Å². The Morgan fingerprint density at radius 1 is 1.15 bits per heavy atom. The molecule has 2 aliphatic rings. The lowest BCUT2D eigenvalue weighted by Crippen LogP contribution is -2.54. The zero-order valence-corrected chi connectivity index (χ0v) is 28.5. The number of alkyl halides is 3. The largest absolute Gasteiger partial charge is 0.495 e. The molecule has 0 aliphatic carbocycles. The van der Waals surface area contributed by atoms with Crippen LogP contribution in [-0.2, 0) is 21.1 Å². The van der Waals surface area contributed by atoms with E-state index in [1.165, 1.54) is 31.4 Å². The highest BCUT2D eigenvalue weighted by Crippen LogP contribution is 2.30. The number of aromatic nitrogens is 2. The molecule has 2 fully saturated rings. The first-order valence-electron chi connectivity index (χ1n) is 16.0. The summed E-state index contributed by atoms with van der Waals surface area (Å²) < 4.78 is 76.5. The maximum Gasteiger partial charge on any atom is 0.406 e. The lowest BCUT2D eigenvalue weighted by atomic mass is 9.89. The Morgan fingerprint density at radius 2 is 1.88 bits per heavy atom. The van der Waals surface area contributed by atoms with Crippen molar-refractivity contribution < 1.29 is 35.9 Å².